The van der Waals surface area contributed by atoms with Gasteiger partial charge in [-0.1, -0.05) is 29.8 Å². The SMILES string of the molecule is CNC(=O)[C@H](C)N(Cc1ccc(OC)cc1)C(=O)COc1ccc(C)cc1. The monoisotopic (exact) mass is 370 g/mol. The van der Waals surface area contributed by atoms with Gasteiger partial charge in [-0.3, -0.25) is 9.59 Å². The number of hydrogen-bond acceptors (Lipinski definition) is 4. The van der Waals surface area contributed by atoms with Gasteiger partial charge in [0.1, 0.15) is 17.5 Å². The largest absolute Gasteiger partial charge is 0.497 e. The normalized spacial score (nSPS) is 11.4. The molecule has 0 aliphatic heterocycles. The van der Waals surface area contributed by atoms with Gasteiger partial charge in [0.15, 0.2) is 6.61 Å². The zero-order chi connectivity index (χ0) is 19.8. The molecule has 0 radical (unpaired) electrons. The van der Waals surface area contributed by atoms with Crippen molar-refractivity contribution in [2.75, 3.05) is 20.8 Å². The minimum Gasteiger partial charge on any atom is -0.497 e. The summed E-state index contributed by atoms with van der Waals surface area (Å²) < 4.78 is 10.8. The summed E-state index contributed by atoms with van der Waals surface area (Å²) in [5.41, 5.74) is 2.01. The van der Waals surface area contributed by atoms with E-state index in [0.29, 0.717) is 12.3 Å². The molecule has 0 aliphatic carbocycles. The second-order valence-corrected chi connectivity index (χ2v) is 6.26. The molecule has 144 valence electrons. The van der Waals surface area contributed by atoms with E-state index in [1.54, 1.807) is 21.1 Å². The first-order chi connectivity index (χ1) is 12.9. The molecule has 0 bridgehead atoms. The summed E-state index contributed by atoms with van der Waals surface area (Å²) in [5.74, 6) is 0.860. The fraction of sp³-hybridized carbons (Fsp3) is 0.333. The molecule has 27 heavy (non-hydrogen) atoms. The fourth-order valence-corrected chi connectivity index (χ4v) is 2.58. The number of methoxy groups -OCH3 is 1. The zero-order valence-electron chi connectivity index (χ0n) is 16.2. The van der Waals surface area contributed by atoms with Gasteiger partial charge in [0.25, 0.3) is 5.91 Å². The van der Waals surface area contributed by atoms with Crippen molar-refractivity contribution in [3.05, 3.63) is 59.7 Å². The van der Waals surface area contributed by atoms with Gasteiger partial charge in [-0.05, 0) is 43.7 Å². The van der Waals surface area contributed by atoms with Crippen LogP contribution in [0.4, 0.5) is 0 Å². The smallest absolute Gasteiger partial charge is 0.261 e. The molecule has 1 N–H and O–H groups in total. The molecule has 0 fully saturated rings. The molecule has 1 atom stereocenters. The lowest BCUT2D eigenvalue weighted by molar-refractivity contribution is -0.142. The second kappa shape index (κ2) is 9.62. The van der Waals surface area contributed by atoms with Gasteiger partial charge in [0.2, 0.25) is 5.91 Å². The highest BCUT2D eigenvalue weighted by molar-refractivity contribution is 5.87. The first-order valence-corrected chi connectivity index (χ1v) is 8.78. The van der Waals surface area contributed by atoms with Crippen molar-refractivity contribution >= 4 is 11.8 Å². The van der Waals surface area contributed by atoms with Crippen molar-refractivity contribution in [2.24, 2.45) is 0 Å². The van der Waals surface area contributed by atoms with Crippen LogP contribution in [-0.4, -0.2) is 43.5 Å². The van der Waals surface area contributed by atoms with E-state index in [4.69, 9.17) is 9.47 Å². The summed E-state index contributed by atoms with van der Waals surface area (Å²) in [5, 5.41) is 2.59. The standard InChI is InChI=1S/C21H26N2O4/c1-15-5-9-19(10-6-15)27-14-20(24)23(16(2)21(25)22-3)13-17-7-11-18(26-4)12-8-17/h5-12,16H,13-14H2,1-4H3,(H,22,25)/t16-/m0/s1. The predicted octanol–water partition coefficient (Wildman–Crippen LogP) is 2.55. The van der Waals surface area contributed by atoms with Gasteiger partial charge < -0.3 is 19.7 Å². The van der Waals surface area contributed by atoms with Crippen molar-refractivity contribution in [3.63, 3.8) is 0 Å². The van der Waals surface area contributed by atoms with Crippen LogP contribution in [0.25, 0.3) is 0 Å². The Kier molecular flexibility index (Phi) is 7.23. The molecule has 2 aromatic carbocycles. The number of carbonyl (C=O) groups excluding carboxylic acids is 2. The molecular weight excluding hydrogens is 344 g/mol. The van der Waals surface area contributed by atoms with Crippen LogP contribution in [0.3, 0.4) is 0 Å². The van der Waals surface area contributed by atoms with Gasteiger partial charge in [-0.15, -0.1) is 0 Å². The maximum absolute atomic E-state index is 12.8. The Morgan fingerprint density at radius 3 is 2.19 bits per heavy atom. The number of aryl methyl sites for hydroxylation is 1. The number of benzene rings is 2. The van der Waals surface area contributed by atoms with Gasteiger partial charge in [0.05, 0.1) is 7.11 Å². The Labute approximate surface area is 160 Å². The van der Waals surface area contributed by atoms with E-state index in [2.05, 4.69) is 5.32 Å². The lowest BCUT2D eigenvalue weighted by atomic mass is 10.1. The zero-order valence-corrected chi connectivity index (χ0v) is 16.2. The predicted molar refractivity (Wildman–Crippen MR) is 104 cm³/mol. The third kappa shape index (κ3) is 5.74. The molecule has 0 aromatic heterocycles. The molecule has 2 amide bonds. The Bertz CT molecular complexity index is 757. The minimum atomic E-state index is -0.619. The number of rotatable bonds is 8. The summed E-state index contributed by atoms with van der Waals surface area (Å²) in [6.45, 7) is 3.85. The van der Waals surface area contributed by atoms with Crippen molar-refractivity contribution in [1.82, 2.24) is 10.2 Å². The molecule has 0 unspecified atom stereocenters. The lowest BCUT2D eigenvalue weighted by Crippen LogP contribution is -2.48. The van der Waals surface area contributed by atoms with Crippen LogP contribution < -0.4 is 14.8 Å². The van der Waals surface area contributed by atoms with E-state index in [-0.39, 0.29) is 18.4 Å². The number of nitrogens with one attached hydrogen (secondary N) is 1. The summed E-state index contributed by atoms with van der Waals surface area (Å²) >= 11 is 0. The molecule has 0 aliphatic rings. The van der Waals surface area contributed by atoms with Crippen LogP contribution in [0.2, 0.25) is 0 Å². The average molecular weight is 370 g/mol. The highest BCUT2D eigenvalue weighted by Crippen LogP contribution is 2.16. The van der Waals surface area contributed by atoms with Crippen LogP contribution in [-0.2, 0) is 16.1 Å². The fourth-order valence-electron chi connectivity index (χ4n) is 2.58. The van der Waals surface area contributed by atoms with Crippen LogP contribution in [0.1, 0.15) is 18.1 Å². The number of nitrogens with zero attached hydrogens (tertiary/aromatic N) is 1. The highest BCUT2D eigenvalue weighted by atomic mass is 16.5. The first kappa shape index (κ1) is 20.3. The summed E-state index contributed by atoms with van der Waals surface area (Å²) in [6.07, 6.45) is 0. The molecule has 6 nitrogen and oxygen atoms in total. The molecule has 0 heterocycles. The minimum absolute atomic E-state index is 0.138. The van der Waals surface area contributed by atoms with Crippen LogP contribution in [0.15, 0.2) is 48.5 Å². The first-order valence-electron chi connectivity index (χ1n) is 8.78. The number of hydrogen-bond donors (Lipinski definition) is 1. The van der Waals surface area contributed by atoms with E-state index >= 15 is 0 Å². The number of ether oxygens (including phenoxy) is 2. The highest BCUT2D eigenvalue weighted by Gasteiger charge is 2.25. The Balaban J connectivity index is 2.10. The summed E-state index contributed by atoms with van der Waals surface area (Å²) in [6, 6.07) is 14.2. The number of likely N-dealkylation sites (N-methyl/N-ethyl adjacent to an activating group) is 1. The molecule has 6 heteroatoms. The van der Waals surface area contributed by atoms with Crippen LogP contribution in [0, 0.1) is 6.92 Å². The Hall–Kier alpha value is -3.02. The third-order valence-electron chi connectivity index (χ3n) is 4.31. The third-order valence-corrected chi connectivity index (χ3v) is 4.31. The van der Waals surface area contributed by atoms with Crippen LogP contribution in [0.5, 0.6) is 11.5 Å². The average Bonchev–Trinajstić information content (AvgIpc) is 2.70. The number of carbonyl (C=O) groups is 2. The summed E-state index contributed by atoms with van der Waals surface area (Å²) in [7, 11) is 3.15. The number of amides is 2. The second-order valence-electron chi connectivity index (χ2n) is 6.26. The lowest BCUT2D eigenvalue weighted by Gasteiger charge is -2.28. The quantitative estimate of drug-likeness (QED) is 0.775. The maximum Gasteiger partial charge on any atom is 0.261 e. The van der Waals surface area contributed by atoms with Gasteiger partial charge in [0, 0.05) is 13.6 Å². The van der Waals surface area contributed by atoms with E-state index in [9.17, 15) is 9.59 Å². The summed E-state index contributed by atoms with van der Waals surface area (Å²) in [4.78, 5) is 26.4. The van der Waals surface area contributed by atoms with Gasteiger partial charge in [-0.2, -0.15) is 0 Å². The molecule has 0 saturated heterocycles. The van der Waals surface area contributed by atoms with Crippen molar-refractivity contribution in [1.29, 1.82) is 0 Å². The molecule has 0 spiro atoms. The van der Waals surface area contributed by atoms with Crippen LogP contribution >= 0.6 is 0 Å². The van der Waals surface area contributed by atoms with E-state index < -0.39 is 6.04 Å². The van der Waals surface area contributed by atoms with Gasteiger partial charge in [-0.25, -0.2) is 0 Å². The Morgan fingerprint density at radius 2 is 1.63 bits per heavy atom. The van der Waals surface area contributed by atoms with Crippen molar-refractivity contribution in [3.8, 4) is 11.5 Å². The van der Waals surface area contributed by atoms with Crippen molar-refractivity contribution < 1.29 is 19.1 Å². The van der Waals surface area contributed by atoms with E-state index in [0.717, 1.165) is 16.9 Å². The molecular formula is C21H26N2O4. The molecule has 0 saturated carbocycles. The van der Waals surface area contributed by atoms with E-state index in [1.807, 2.05) is 55.5 Å². The molecule has 2 rings (SSSR count). The van der Waals surface area contributed by atoms with E-state index in [1.165, 1.54) is 4.90 Å². The topological polar surface area (TPSA) is 67.9 Å². The maximum atomic E-state index is 12.8. The Morgan fingerprint density at radius 1 is 1.04 bits per heavy atom. The van der Waals surface area contributed by atoms with Crippen molar-refractivity contribution in [2.45, 2.75) is 26.4 Å². The van der Waals surface area contributed by atoms with Gasteiger partial charge >= 0.3 is 0 Å². The molecule has 2 aromatic rings.